The van der Waals surface area contributed by atoms with Crippen molar-refractivity contribution in [1.29, 1.82) is 0 Å². The number of furan rings is 1. The van der Waals surface area contributed by atoms with Gasteiger partial charge in [0.2, 0.25) is 0 Å². The van der Waals surface area contributed by atoms with Crippen LogP contribution in [0, 0.1) is 0 Å². The molecule has 0 saturated heterocycles. The molecular formula is C15H18ClNO2. The van der Waals surface area contributed by atoms with Gasteiger partial charge in [0.1, 0.15) is 5.75 Å². The first kappa shape index (κ1) is 14.0. The van der Waals surface area contributed by atoms with E-state index in [1.54, 1.807) is 13.4 Å². The highest BCUT2D eigenvalue weighted by molar-refractivity contribution is 6.29. The first-order chi connectivity index (χ1) is 9.26. The normalized spacial score (nSPS) is 12.4. The first-order valence-electron chi connectivity index (χ1n) is 6.36. The second kappa shape index (κ2) is 6.64. The minimum atomic E-state index is 0.0390. The molecule has 1 aromatic heterocycles. The van der Waals surface area contributed by atoms with Gasteiger partial charge in [-0.2, -0.15) is 0 Å². The predicted octanol–water partition coefficient (Wildman–Crippen LogP) is 4.03. The Bertz CT molecular complexity index is 507. The molecule has 0 fully saturated rings. The molecule has 19 heavy (non-hydrogen) atoms. The lowest BCUT2D eigenvalue weighted by Crippen LogP contribution is -2.23. The minimum Gasteiger partial charge on any atom is -0.497 e. The summed E-state index contributed by atoms with van der Waals surface area (Å²) in [4.78, 5) is 0. The Labute approximate surface area is 118 Å². The number of hydrogen-bond donors (Lipinski definition) is 1. The highest BCUT2D eigenvalue weighted by atomic mass is 35.5. The number of ether oxygens (including phenoxy) is 1. The summed E-state index contributed by atoms with van der Waals surface area (Å²) in [6.45, 7) is 3.05. The van der Waals surface area contributed by atoms with Gasteiger partial charge in [-0.1, -0.05) is 19.1 Å². The van der Waals surface area contributed by atoms with Crippen LogP contribution >= 0.6 is 11.6 Å². The van der Waals surface area contributed by atoms with Gasteiger partial charge in [-0.25, -0.2) is 0 Å². The molecule has 0 bridgehead atoms. The second-order valence-corrected chi connectivity index (χ2v) is 4.65. The Balaban J connectivity index is 2.28. The summed E-state index contributed by atoms with van der Waals surface area (Å²) in [5.74, 6) is 0.844. The van der Waals surface area contributed by atoms with Gasteiger partial charge in [0.15, 0.2) is 5.22 Å². The zero-order valence-electron chi connectivity index (χ0n) is 11.2. The summed E-state index contributed by atoms with van der Waals surface area (Å²) >= 11 is 6.09. The summed E-state index contributed by atoms with van der Waals surface area (Å²) in [5, 5.41) is 3.92. The van der Waals surface area contributed by atoms with Gasteiger partial charge >= 0.3 is 0 Å². The van der Waals surface area contributed by atoms with E-state index in [0.29, 0.717) is 5.22 Å². The average molecular weight is 280 g/mol. The largest absolute Gasteiger partial charge is 0.497 e. The highest BCUT2D eigenvalue weighted by Crippen LogP contribution is 2.30. The Morgan fingerprint density at radius 2 is 2.00 bits per heavy atom. The van der Waals surface area contributed by atoms with Crippen LogP contribution in [0.5, 0.6) is 5.75 Å². The molecule has 0 radical (unpaired) electrons. The van der Waals surface area contributed by atoms with E-state index in [-0.39, 0.29) is 6.04 Å². The minimum absolute atomic E-state index is 0.0390. The number of hydrogen-bond acceptors (Lipinski definition) is 3. The van der Waals surface area contributed by atoms with Gasteiger partial charge in [0.05, 0.1) is 19.4 Å². The zero-order valence-corrected chi connectivity index (χ0v) is 11.9. The third kappa shape index (κ3) is 3.31. The van der Waals surface area contributed by atoms with E-state index in [1.807, 2.05) is 30.3 Å². The van der Waals surface area contributed by atoms with Crippen molar-refractivity contribution in [3.8, 4) is 5.75 Å². The summed E-state index contributed by atoms with van der Waals surface area (Å²) in [6, 6.07) is 9.91. The Kier molecular flexibility index (Phi) is 4.88. The molecule has 1 heterocycles. The van der Waals surface area contributed by atoms with Crippen LogP contribution < -0.4 is 10.1 Å². The van der Waals surface area contributed by atoms with Gasteiger partial charge in [-0.15, -0.1) is 0 Å². The fraction of sp³-hybridized carbons (Fsp3) is 0.333. The molecule has 3 nitrogen and oxygen atoms in total. The summed E-state index contributed by atoms with van der Waals surface area (Å²) in [5.41, 5.74) is 2.10. The quantitative estimate of drug-likeness (QED) is 0.867. The summed E-state index contributed by atoms with van der Waals surface area (Å²) < 4.78 is 10.4. The number of nitrogens with one attached hydrogen (secondary N) is 1. The van der Waals surface area contributed by atoms with Crippen LogP contribution in [0.4, 0.5) is 0 Å². The Morgan fingerprint density at radius 1 is 1.26 bits per heavy atom. The highest BCUT2D eigenvalue weighted by Gasteiger charge is 2.18. The van der Waals surface area contributed by atoms with E-state index in [1.165, 1.54) is 0 Å². The van der Waals surface area contributed by atoms with E-state index >= 15 is 0 Å². The molecule has 0 aliphatic heterocycles. The van der Waals surface area contributed by atoms with Crippen molar-refractivity contribution >= 4 is 11.6 Å². The molecule has 102 valence electrons. The number of rotatable bonds is 6. The van der Waals surface area contributed by atoms with Crippen LogP contribution in [0.1, 0.15) is 30.5 Å². The van der Waals surface area contributed by atoms with Crippen molar-refractivity contribution in [2.75, 3.05) is 13.7 Å². The standard InChI is InChI=1S/C15H18ClNO2/c1-3-9-17-14(13-8-10-19-15(13)16)11-4-6-12(18-2)7-5-11/h4-8,10,14,17H,3,9H2,1-2H3. The average Bonchev–Trinajstić information content (AvgIpc) is 2.86. The maximum atomic E-state index is 6.09. The third-order valence-electron chi connectivity index (χ3n) is 3.00. The molecule has 0 aliphatic rings. The second-order valence-electron chi connectivity index (χ2n) is 4.31. The molecule has 0 aliphatic carbocycles. The molecule has 4 heteroatoms. The van der Waals surface area contributed by atoms with Crippen molar-refractivity contribution in [3.05, 3.63) is 52.9 Å². The van der Waals surface area contributed by atoms with Crippen LogP contribution in [0.25, 0.3) is 0 Å². The lowest BCUT2D eigenvalue weighted by Gasteiger charge is -2.18. The van der Waals surface area contributed by atoms with Crippen molar-refractivity contribution in [2.24, 2.45) is 0 Å². The van der Waals surface area contributed by atoms with Crippen LogP contribution in [0.3, 0.4) is 0 Å². The van der Waals surface area contributed by atoms with Crippen LogP contribution in [0.2, 0.25) is 5.22 Å². The Morgan fingerprint density at radius 3 is 2.53 bits per heavy atom. The fourth-order valence-corrected chi connectivity index (χ4v) is 2.23. The van der Waals surface area contributed by atoms with Crippen molar-refractivity contribution < 1.29 is 9.15 Å². The number of methoxy groups -OCH3 is 1. The van der Waals surface area contributed by atoms with E-state index in [9.17, 15) is 0 Å². The molecule has 0 amide bonds. The lowest BCUT2D eigenvalue weighted by atomic mass is 10.0. The zero-order chi connectivity index (χ0) is 13.7. The SMILES string of the molecule is CCCNC(c1ccc(OC)cc1)c1ccoc1Cl. The van der Waals surface area contributed by atoms with E-state index < -0.39 is 0 Å². The van der Waals surface area contributed by atoms with Crippen molar-refractivity contribution in [1.82, 2.24) is 5.32 Å². The topological polar surface area (TPSA) is 34.4 Å². The molecule has 1 atom stereocenters. The Hall–Kier alpha value is -1.45. The van der Waals surface area contributed by atoms with Gasteiger partial charge in [0.25, 0.3) is 0 Å². The monoisotopic (exact) mass is 279 g/mol. The van der Waals surface area contributed by atoms with Crippen molar-refractivity contribution in [2.45, 2.75) is 19.4 Å². The van der Waals surface area contributed by atoms with Crippen LogP contribution in [0.15, 0.2) is 41.0 Å². The molecular weight excluding hydrogens is 262 g/mol. The molecule has 1 aromatic carbocycles. The molecule has 0 spiro atoms. The molecule has 1 unspecified atom stereocenters. The summed E-state index contributed by atoms with van der Waals surface area (Å²) in [7, 11) is 1.66. The molecule has 0 saturated carbocycles. The van der Waals surface area contributed by atoms with E-state index in [4.69, 9.17) is 20.8 Å². The molecule has 2 aromatic rings. The fourth-order valence-electron chi connectivity index (χ4n) is 2.00. The van der Waals surface area contributed by atoms with Gasteiger partial charge in [0, 0.05) is 5.56 Å². The van der Waals surface area contributed by atoms with Gasteiger partial charge < -0.3 is 14.5 Å². The lowest BCUT2D eigenvalue weighted by molar-refractivity contribution is 0.414. The van der Waals surface area contributed by atoms with Crippen LogP contribution in [-0.2, 0) is 0 Å². The maximum absolute atomic E-state index is 6.09. The molecule has 1 N–H and O–H groups in total. The smallest absolute Gasteiger partial charge is 0.198 e. The van der Waals surface area contributed by atoms with Gasteiger partial charge in [-0.05, 0) is 48.3 Å². The number of halogens is 1. The maximum Gasteiger partial charge on any atom is 0.198 e. The van der Waals surface area contributed by atoms with Crippen LogP contribution in [-0.4, -0.2) is 13.7 Å². The van der Waals surface area contributed by atoms with Gasteiger partial charge in [-0.3, -0.25) is 0 Å². The first-order valence-corrected chi connectivity index (χ1v) is 6.74. The number of benzene rings is 1. The molecule has 2 rings (SSSR count). The van der Waals surface area contributed by atoms with E-state index in [2.05, 4.69) is 12.2 Å². The van der Waals surface area contributed by atoms with E-state index in [0.717, 1.165) is 29.8 Å². The summed E-state index contributed by atoms with van der Waals surface area (Å²) in [6.07, 6.45) is 2.67. The predicted molar refractivity (Wildman–Crippen MR) is 76.8 cm³/mol. The third-order valence-corrected chi connectivity index (χ3v) is 3.31. The van der Waals surface area contributed by atoms with Crippen molar-refractivity contribution in [3.63, 3.8) is 0 Å².